The average Bonchev–Trinajstić information content (AvgIpc) is 2.54. The van der Waals surface area contributed by atoms with Crippen LogP contribution in [-0.4, -0.2) is 40.8 Å². The van der Waals surface area contributed by atoms with Crippen LogP contribution in [0.1, 0.15) is 44.2 Å². The fourth-order valence-electron chi connectivity index (χ4n) is 3.36. The van der Waals surface area contributed by atoms with Crippen molar-refractivity contribution in [2.24, 2.45) is 0 Å². The monoisotopic (exact) mass is 312 g/mol. The van der Waals surface area contributed by atoms with Crippen molar-refractivity contribution in [2.75, 3.05) is 20.1 Å². The first-order valence-electron chi connectivity index (χ1n) is 8.64. The average molecular weight is 312 g/mol. The quantitative estimate of drug-likeness (QED) is 0.923. The minimum Gasteiger partial charge on any atom is -0.367 e. The second-order valence-electron chi connectivity index (χ2n) is 7.08. The number of rotatable bonds is 3. The second kappa shape index (κ2) is 6.50. The molecule has 0 saturated carbocycles. The van der Waals surface area contributed by atoms with Gasteiger partial charge >= 0.3 is 0 Å². The minimum atomic E-state index is -0.891. The van der Waals surface area contributed by atoms with Crippen LogP contribution >= 0.6 is 0 Å². The van der Waals surface area contributed by atoms with Gasteiger partial charge in [0.1, 0.15) is 0 Å². The van der Waals surface area contributed by atoms with Gasteiger partial charge in [-0.05, 0) is 68.1 Å². The van der Waals surface area contributed by atoms with Crippen LogP contribution in [0, 0.1) is 0 Å². The summed E-state index contributed by atoms with van der Waals surface area (Å²) >= 11 is 0. The highest BCUT2D eigenvalue weighted by Gasteiger charge is 2.29. The zero-order valence-electron chi connectivity index (χ0n) is 14.5. The molecular weight excluding hydrogens is 284 g/mol. The minimum absolute atomic E-state index is 0.891. The van der Waals surface area contributed by atoms with Gasteiger partial charge in [-0.2, -0.15) is 0 Å². The molecule has 0 bridgehead atoms. The van der Waals surface area contributed by atoms with Crippen LogP contribution in [0.3, 0.4) is 0 Å². The summed E-state index contributed by atoms with van der Waals surface area (Å²) in [6, 6.07) is 8.87. The Hall–Kier alpha value is -1.58. The van der Waals surface area contributed by atoms with E-state index in [0.717, 1.165) is 17.7 Å². The number of piperidine rings is 1. The van der Waals surface area contributed by atoms with E-state index in [1.54, 1.807) is 0 Å². The molecule has 1 aromatic carbocycles. The van der Waals surface area contributed by atoms with E-state index >= 15 is 0 Å². The number of hydrogen-bond donors (Lipinski definition) is 1. The molecule has 0 spiro atoms. The Bertz CT molecular complexity index is 607. The van der Waals surface area contributed by atoms with Crippen molar-refractivity contribution in [2.45, 2.75) is 45.4 Å². The lowest BCUT2D eigenvalue weighted by Crippen LogP contribution is -2.43. The number of hydrogen-bond acceptors (Lipinski definition) is 3. The van der Waals surface area contributed by atoms with Crippen molar-refractivity contribution in [3.63, 3.8) is 0 Å². The van der Waals surface area contributed by atoms with Crippen LogP contribution in [-0.2, 0) is 6.54 Å². The Morgan fingerprint density at radius 2 is 1.74 bits per heavy atom. The summed E-state index contributed by atoms with van der Waals surface area (Å²) < 4.78 is 0. The van der Waals surface area contributed by atoms with E-state index in [2.05, 4.69) is 35.2 Å². The van der Waals surface area contributed by atoms with Gasteiger partial charge in [0, 0.05) is 19.8 Å². The van der Waals surface area contributed by atoms with Crippen LogP contribution in [0.15, 0.2) is 42.1 Å². The highest BCUT2D eigenvalue weighted by molar-refractivity contribution is 5.76. The van der Waals surface area contributed by atoms with Crippen molar-refractivity contribution in [3.05, 3.63) is 53.2 Å². The maximum Gasteiger partial charge on any atom is 0.156 e. The van der Waals surface area contributed by atoms with Gasteiger partial charge in [-0.1, -0.05) is 30.7 Å². The third kappa shape index (κ3) is 3.51. The molecule has 2 heterocycles. The third-order valence-corrected chi connectivity index (χ3v) is 5.28. The summed E-state index contributed by atoms with van der Waals surface area (Å²) in [5.74, 6) is 0. The fraction of sp³-hybridized carbons (Fsp3) is 0.500. The molecule has 2 aliphatic rings. The molecule has 1 unspecified atom stereocenters. The van der Waals surface area contributed by atoms with E-state index < -0.39 is 5.72 Å². The number of nitrogens with zero attached hydrogens (tertiary/aromatic N) is 2. The van der Waals surface area contributed by atoms with Crippen LogP contribution < -0.4 is 0 Å². The first kappa shape index (κ1) is 16.3. The van der Waals surface area contributed by atoms with Crippen molar-refractivity contribution in [1.82, 2.24) is 9.80 Å². The third-order valence-electron chi connectivity index (χ3n) is 5.28. The second-order valence-corrected chi connectivity index (χ2v) is 7.08. The molecule has 23 heavy (non-hydrogen) atoms. The summed E-state index contributed by atoms with van der Waals surface area (Å²) in [4.78, 5) is 4.42. The Balaban J connectivity index is 1.72. The number of aliphatic hydroxyl groups is 1. The van der Waals surface area contributed by atoms with Crippen LogP contribution in [0.5, 0.6) is 0 Å². The molecule has 1 N–H and O–H groups in total. The first-order chi connectivity index (χ1) is 11.0. The smallest absolute Gasteiger partial charge is 0.156 e. The molecule has 1 fully saturated rings. The normalized spacial score (nSPS) is 26.0. The van der Waals surface area contributed by atoms with E-state index in [0.29, 0.717) is 0 Å². The Morgan fingerprint density at radius 3 is 2.35 bits per heavy atom. The lowest BCUT2D eigenvalue weighted by molar-refractivity contribution is -0.0195. The van der Waals surface area contributed by atoms with Gasteiger partial charge in [0.2, 0.25) is 0 Å². The molecule has 0 aliphatic carbocycles. The summed E-state index contributed by atoms with van der Waals surface area (Å²) in [7, 11) is 1.92. The van der Waals surface area contributed by atoms with Gasteiger partial charge < -0.3 is 10.0 Å². The topological polar surface area (TPSA) is 26.7 Å². The summed E-state index contributed by atoms with van der Waals surface area (Å²) in [6.45, 7) is 7.33. The van der Waals surface area contributed by atoms with Crippen LogP contribution in [0.2, 0.25) is 0 Å². The Morgan fingerprint density at radius 1 is 1.09 bits per heavy atom. The molecule has 1 aromatic rings. The molecule has 2 aliphatic heterocycles. The van der Waals surface area contributed by atoms with E-state index in [1.165, 1.54) is 43.5 Å². The summed E-state index contributed by atoms with van der Waals surface area (Å²) in [5, 5.41) is 10.4. The summed E-state index contributed by atoms with van der Waals surface area (Å²) in [5.41, 5.74) is 3.82. The maximum atomic E-state index is 10.4. The molecule has 3 heteroatoms. The van der Waals surface area contributed by atoms with Crippen molar-refractivity contribution in [3.8, 4) is 0 Å². The van der Waals surface area contributed by atoms with E-state index in [1.807, 2.05) is 32.0 Å². The van der Waals surface area contributed by atoms with Gasteiger partial charge in [-0.3, -0.25) is 4.90 Å². The highest BCUT2D eigenvalue weighted by Crippen LogP contribution is 2.31. The number of likely N-dealkylation sites (tertiary alicyclic amines) is 1. The molecule has 124 valence electrons. The lowest BCUT2D eigenvalue weighted by atomic mass is 9.94. The van der Waals surface area contributed by atoms with Gasteiger partial charge in [0.15, 0.2) is 5.72 Å². The van der Waals surface area contributed by atoms with Gasteiger partial charge in [0.05, 0.1) is 0 Å². The molecule has 0 amide bonds. The van der Waals surface area contributed by atoms with E-state index in [-0.39, 0.29) is 0 Å². The maximum absolute atomic E-state index is 10.4. The van der Waals surface area contributed by atoms with Crippen molar-refractivity contribution >= 4 is 5.57 Å². The number of allylic oxidation sites excluding steroid dienone is 2. The fourth-order valence-corrected chi connectivity index (χ4v) is 3.36. The standard InChI is InChI=1S/C20H28N2O/c1-16-13-19(15-21(3)20(16,2)23)18-9-7-17(8-10-18)14-22-11-5-4-6-12-22/h7-10,13,15,23H,4-6,11-12,14H2,1-3H3. The van der Waals surface area contributed by atoms with Gasteiger partial charge in [-0.15, -0.1) is 0 Å². The number of benzene rings is 1. The molecule has 0 aromatic heterocycles. The molecule has 1 atom stereocenters. The first-order valence-corrected chi connectivity index (χ1v) is 8.64. The van der Waals surface area contributed by atoms with Crippen LogP contribution in [0.25, 0.3) is 5.57 Å². The predicted molar refractivity (Wildman–Crippen MR) is 95.7 cm³/mol. The van der Waals surface area contributed by atoms with Crippen molar-refractivity contribution < 1.29 is 5.11 Å². The molecular formula is C20H28N2O. The predicted octanol–water partition coefficient (Wildman–Crippen LogP) is 3.61. The Kier molecular flexibility index (Phi) is 4.60. The zero-order chi connectivity index (χ0) is 16.4. The highest BCUT2D eigenvalue weighted by atomic mass is 16.3. The largest absolute Gasteiger partial charge is 0.367 e. The van der Waals surface area contributed by atoms with Gasteiger partial charge in [0.25, 0.3) is 0 Å². The van der Waals surface area contributed by atoms with Crippen LogP contribution in [0.4, 0.5) is 0 Å². The van der Waals surface area contributed by atoms with Gasteiger partial charge in [-0.25, -0.2) is 0 Å². The zero-order valence-corrected chi connectivity index (χ0v) is 14.5. The van der Waals surface area contributed by atoms with E-state index in [4.69, 9.17) is 0 Å². The molecule has 3 rings (SSSR count). The molecule has 1 saturated heterocycles. The summed E-state index contributed by atoms with van der Waals surface area (Å²) in [6.07, 6.45) is 8.15. The molecule has 0 radical (unpaired) electrons. The molecule has 3 nitrogen and oxygen atoms in total. The SMILES string of the molecule is CC1=CC(c2ccc(CN3CCCCC3)cc2)=CN(C)C1(C)O. The lowest BCUT2D eigenvalue weighted by Gasteiger charge is -2.37. The number of likely N-dealkylation sites (N-methyl/N-ethyl adjacent to an activating group) is 1. The van der Waals surface area contributed by atoms with E-state index in [9.17, 15) is 5.11 Å². The van der Waals surface area contributed by atoms with Crippen molar-refractivity contribution in [1.29, 1.82) is 0 Å². The Labute approximate surface area is 139 Å².